The van der Waals surface area contributed by atoms with Crippen molar-refractivity contribution in [3.63, 3.8) is 0 Å². The van der Waals surface area contributed by atoms with Gasteiger partial charge in [0.15, 0.2) is 0 Å². The summed E-state index contributed by atoms with van der Waals surface area (Å²) in [5.74, 6) is 0. The molecule has 1 N–H and O–H groups in total. The Morgan fingerprint density at radius 1 is 0.870 bits per heavy atom. The standard InChI is InChI=1S/C18H18N2O2S/c1-12-4-8-15(9-5-12)23(21,22)20-18-13(2)6-11-17-16(18)10-7-14(3)19-17/h4-11,20H,1-3H3. The highest BCUT2D eigenvalue weighted by Gasteiger charge is 2.17. The van der Waals surface area contributed by atoms with Gasteiger partial charge in [-0.1, -0.05) is 23.8 Å². The zero-order valence-corrected chi connectivity index (χ0v) is 14.1. The van der Waals surface area contributed by atoms with E-state index in [1.54, 1.807) is 24.3 Å². The van der Waals surface area contributed by atoms with Gasteiger partial charge in [0.2, 0.25) is 0 Å². The predicted molar refractivity (Wildman–Crippen MR) is 93.2 cm³/mol. The molecule has 0 unspecified atom stereocenters. The third-order valence-corrected chi connectivity index (χ3v) is 5.15. The molecule has 0 bridgehead atoms. The van der Waals surface area contributed by atoms with E-state index in [0.717, 1.165) is 27.7 Å². The number of sulfonamides is 1. The fourth-order valence-corrected chi connectivity index (χ4v) is 3.61. The van der Waals surface area contributed by atoms with Crippen LogP contribution in [0.15, 0.2) is 53.4 Å². The molecule has 0 aliphatic rings. The van der Waals surface area contributed by atoms with Crippen LogP contribution in [-0.2, 0) is 10.0 Å². The van der Waals surface area contributed by atoms with Crippen LogP contribution in [0.25, 0.3) is 10.9 Å². The Morgan fingerprint density at radius 2 is 1.57 bits per heavy atom. The highest BCUT2D eigenvalue weighted by Crippen LogP contribution is 2.28. The Morgan fingerprint density at radius 3 is 2.26 bits per heavy atom. The second kappa shape index (κ2) is 5.66. The number of pyridine rings is 1. The summed E-state index contributed by atoms with van der Waals surface area (Å²) >= 11 is 0. The minimum atomic E-state index is -3.63. The fraction of sp³-hybridized carbons (Fsp3) is 0.167. The zero-order chi connectivity index (χ0) is 16.6. The largest absolute Gasteiger partial charge is 0.279 e. The summed E-state index contributed by atoms with van der Waals surface area (Å²) < 4.78 is 28.0. The monoisotopic (exact) mass is 326 g/mol. The predicted octanol–water partition coefficient (Wildman–Crippen LogP) is 3.96. The van der Waals surface area contributed by atoms with E-state index in [4.69, 9.17) is 0 Å². The van der Waals surface area contributed by atoms with Gasteiger partial charge in [0.25, 0.3) is 10.0 Å². The van der Waals surface area contributed by atoms with Crippen molar-refractivity contribution in [3.8, 4) is 0 Å². The molecule has 1 aromatic heterocycles. The molecule has 4 nitrogen and oxygen atoms in total. The van der Waals surface area contributed by atoms with Crippen LogP contribution in [0.3, 0.4) is 0 Å². The third kappa shape index (κ3) is 3.05. The van der Waals surface area contributed by atoms with Crippen molar-refractivity contribution in [2.75, 3.05) is 4.72 Å². The maximum absolute atomic E-state index is 12.6. The molecule has 3 rings (SSSR count). The maximum atomic E-state index is 12.6. The molecule has 5 heteroatoms. The normalized spacial score (nSPS) is 11.6. The van der Waals surface area contributed by atoms with Crippen LogP contribution in [0.4, 0.5) is 5.69 Å². The molecule has 2 aromatic carbocycles. The number of hydrogen-bond donors (Lipinski definition) is 1. The fourth-order valence-electron chi connectivity index (χ4n) is 2.46. The first-order chi connectivity index (χ1) is 10.9. The second-order valence-corrected chi connectivity index (χ2v) is 7.38. The Bertz CT molecular complexity index is 978. The Hall–Kier alpha value is -2.40. The van der Waals surface area contributed by atoms with E-state index in [1.165, 1.54) is 0 Å². The van der Waals surface area contributed by atoms with Crippen molar-refractivity contribution in [1.82, 2.24) is 4.98 Å². The Balaban J connectivity index is 2.10. The van der Waals surface area contributed by atoms with Gasteiger partial charge in [0.1, 0.15) is 0 Å². The Kier molecular flexibility index (Phi) is 3.82. The first-order valence-electron chi connectivity index (χ1n) is 7.33. The molecule has 0 atom stereocenters. The molecule has 1 heterocycles. The van der Waals surface area contributed by atoms with Crippen molar-refractivity contribution < 1.29 is 8.42 Å². The summed E-state index contributed by atoms with van der Waals surface area (Å²) in [5, 5.41) is 0.797. The minimum Gasteiger partial charge on any atom is -0.279 e. The van der Waals surface area contributed by atoms with E-state index in [-0.39, 0.29) is 4.90 Å². The van der Waals surface area contributed by atoms with Gasteiger partial charge >= 0.3 is 0 Å². The van der Waals surface area contributed by atoms with E-state index >= 15 is 0 Å². The molecular formula is C18H18N2O2S. The molecule has 23 heavy (non-hydrogen) atoms. The Labute approximate surface area is 136 Å². The lowest BCUT2D eigenvalue weighted by Crippen LogP contribution is -2.14. The van der Waals surface area contributed by atoms with Crippen LogP contribution >= 0.6 is 0 Å². The van der Waals surface area contributed by atoms with E-state index < -0.39 is 10.0 Å². The molecule has 0 amide bonds. The van der Waals surface area contributed by atoms with Crippen molar-refractivity contribution in [2.24, 2.45) is 0 Å². The number of nitrogens with zero attached hydrogens (tertiary/aromatic N) is 1. The number of nitrogens with one attached hydrogen (secondary N) is 1. The van der Waals surface area contributed by atoms with Gasteiger partial charge < -0.3 is 0 Å². The summed E-state index contributed by atoms with van der Waals surface area (Å²) in [4.78, 5) is 4.71. The molecule has 3 aromatic rings. The molecule has 0 saturated carbocycles. The maximum Gasteiger partial charge on any atom is 0.261 e. The van der Waals surface area contributed by atoms with Crippen LogP contribution < -0.4 is 4.72 Å². The smallest absolute Gasteiger partial charge is 0.261 e. The number of aryl methyl sites for hydroxylation is 3. The molecule has 0 saturated heterocycles. The summed E-state index contributed by atoms with van der Waals surface area (Å²) in [6.07, 6.45) is 0. The number of anilines is 1. The first kappa shape index (κ1) is 15.5. The highest BCUT2D eigenvalue weighted by molar-refractivity contribution is 7.92. The van der Waals surface area contributed by atoms with Crippen LogP contribution in [0.2, 0.25) is 0 Å². The lowest BCUT2D eigenvalue weighted by atomic mass is 10.1. The number of aromatic nitrogens is 1. The van der Waals surface area contributed by atoms with Crippen LogP contribution in [0.5, 0.6) is 0 Å². The van der Waals surface area contributed by atoms with Gasteiger partial charge in [0.05, 0.1) is 16.1 Å². The molecule has 0 fully saturated rings. The summed E-state index contributed by atoms with van der Waals surface area (Å²) in [5.41, 5.74) is 4.13. The first-order valence-corrected chi connectivity index (χ1v) is 8.81. The van der Waals surface area contributed by atoms with Crippen molar-refractivity contribution in [1.29, 1.82) is 0 Å². The highest BCUT2D eigenvalue weighted by atomic mass is 32.2. The van der Waals surface area contributed by atoms with E-state index in [9.17, 15) is 8.42 Å². The number of fused-ring (bicyclic) bond motifs is 1. The van der Waals surface area contributed by atoms with Gasteiger partial charge in [-0.15, -0.1) is 0 Å². The van der Waals surface area contributed by atoms with Crippen LogP contribution in [-0.4, -0.2) is 13.4 Å². The summed E-state index contributed by atoms with van der Waals surface area (Å²) in [6, 6.07) is 14.4. The summed E-state index contributed by atoms with van der Waals surface area (Å²) in [6.45, 7) is 5.72. The van der Waals surface area contributed by atoms with E-state index in [1.807, 2.05) is 45.0 Å². The van der Waals surface area contributed by atoms with Gasteiger partial charge in [-0.2, -0.15) is 0 Å². The molecule has 0 radical (unpaired) electrons. The summed E-state index contributed by atoms with van der Waals surface area (Å²) in [7, 11) is -3.63. The number of rotatable bonds is 3. The van der Waals surface area contributed by atoms with Crippen molar-refractivity contribution >= 4 is 26.6 Å². The molecule has 0 aliphatic carbocycles. The average molecular weight is 326 g/mol. The molecular weight excluding hydrogens is 308 g/mol. The van der Waals surface area contributed by atoms with Crippen molar-refractivity contribution in [3.05, 3.63) is 65.4 Å². The molecule has 118 valence electrons. The quantitative estimate of drug-likeness (QED) is 0.792. The third-order valence-electron chi connectivity index (χ3n) is 3.79. The SMILES string of the molecule is Cc1ccc(S(=O)(=O)Nc2c(C)ccc3nc(C)ccc23)cc1. The lowest BCUT2D eigenvalue weighted by Gasteiger charge is -2.13. The van der Waals surface area contributed by atoms with Gasteiger partial charge in [0, 0.05) is 11.1 Å². The van der Waals surface area contributed by atoms with E-state index in [2.05, 4.69) is 9.71 Å². The minimum absolute atomic E-state index is 0.250. The van der Waals surface area contributed by atoms with Crippen LogP contribution in [0, 0.1) is 20.8 Å². The van der Waals surface area contributed by atoms with Gasteiger partial charge in [-0.05, 0) is 56.7 Å². The van der Waals surface area contributed by atoms with Gasteiger partial charge in [-0.25, -0.2) is 8.42 Å². The lowest BCUT2D eigenvalue weighted by molar-refractivity contribution is 0.601. The van der Waals surface area contributed by atoms with Crippen LogP contribution in [0.1, 0.15) is 16.8 Å². The van der Waals surface area contributed by atoms with E-state index in [0.29, 0.717) is 5.69 Å². The number of hydrogen-bond acceptors (Lipinski definition) is 3. The average Bonchev–Trinajstić information content (AvgIpc) is 2.50. The van der Waals surface area contributed by atoms with Gasteiger partial charge in [-0.3, -0.25) is 9.71 Å². The zero-order valence-electron chi connectivity index (χ0n) is 13.3. The molecule has 0 aliphatic heterocycles. The second-order valence-electron chi connectivity index (χ2n) is 5.70. The molecule has 0 spiro atoms. The number of benzene rings is 2. The topological polar surface area (TPSA) is 59.1 Å². The van der Waals surface area contributed by atoms with Crippen molar-refractivity contribution in [2.45, 2.75) is 25.7 Å².